The van der Waals surface area contributed by atoms with E-state index in [-0.39, 0.29) is 35.2 Å². The lowest BCUT2D eigenvalue weighted by Gasteiger charge is -2.21. The molecule has 9 heteroatoms. The fourth-order valence-corrected chi connectivity index (χ4v) is 3.66. The van der Waals surface area contributed by atoms with E-state index in [1.54, 1.807) is 12.1 Å². The first kappa shape index (κ1) is 22.1. The fraction of sp³-hybridized carbons (Fsp3) is 0.263. The van der Waals surface area contributed by atoms with Crippen LogP contribution >= 0.6 is 23.7 Å². The third-order valence-corrected chi connectivity index (χ3v) is 5.03. The molecule has 1 heterocycles. The van der Waals surface area contributed by atoms with Crippen LogP contribution in [0.25, 0.3) is 10.2 Å². The van der Waals surface area contributed by atoms with E-state index in [4.69, 9.17) is 0 Å². The number of anilines is 1. The minimum atomic E-state index is -0.940. The molecule has 0 saturated carbocycles. The number of benzene rings is 2. The lowest BCUT2D eigenvalue weighted by atomic mass is 10.2. The van der Waals surface area contributed by atoms with E-state index in [0.29, 0.717) is 23.7 Å². The molecule has 4 nitrogen and oxygen atoms in total. The first-order valence-electron chi connectivity index (χ1n) is 8.33. The standard InChI is InChI=1S/C19H18F3N3OS.ClH/c1-24(2)9-4-10-25(18(26)13-8-7-12(20)11-15(13)22)19-23-17-14(21)5-3-6-16(17)27-19;/h3,5-8,11H,4,9-10H2,1-2H3;1H. The van der Waals surface area contributed by atoms with Gasteiger partial charge in [-0.1, -0.05) is 17.4 Å². The lowest BCUT2D eigenvalue weighted by Crippen LogP contribution is -2.34. The topological polar surface area (TPSA) is 36.4 Å². The normalized spacial score (nSPS) is 10.9. The SMILES string of the molecule is CN(C)CCCN(C(=O)c1ccc(F)cc1F)c1nc2c(F)cccc2s1.Cl. The van der Waals surface area contributed by atoms with Crippen LogP contribution < -0.4 is 4.90 Å². The van der Waals surface area contributed by atoms with Gasteiger partial charge in [-0.15, -0.1) is 12.4 Å². The smallest absolute Gasteiger partial charge is 0.263 e. The molecule has 2 aromatic carbocycles. The number of fused-ring (bicyclic) bond motifs is 1. The summed E-state index contributed by atoms with van der Waals surface area (Å²) in [5.41, 5.74) is -0.0801. The number of nitrogens with zero attached hydrogens (tertiary/aromatic N) is 3. The second-order valence-corrected chi connectivity index (χ2v) is 7.33. The van der Waals surface area contributed by atoms with Gasteiger partial charge in [0.1, 0.15) is 23.0 Å². The molecule has 0 unspecified atom stereocenters. The van der Waals surface area contributed by atoms with E-state index in [1.165, 1.54) is 11.0 Å². The van der Waals surface area contributed by atoms with Crippen molar-refractivity contribution in [3.8, 4) is 0 Å². The average Bonchev–Trinajstić information content (AvgIpc) is 3.03. The molecule has 28 heavy (non-hydrogen) atoms. The van der Waals surface area contributed by atoms with Gasteiger partial charge in [0.25, 0.3) is 5.91 Å². The van der Waals surface area contributed by atoms with Crippen LogP contribution in [0.1, 0.15) is 16.8 Å². The molecule has 0 aliphatic rings. The highest BCUT2D eigenvalue weighted by Crippen LogP contribution is 2.31. The maximum Gasteiger partial charge on any atom is 0.263 e. The largest absolute Gasteiger partial charge is 0.309 e. The number of carbonyl (C=O) groups excluding carboxylic acids is 1. The van der Waals surface area contributed by atoms with Crippen LogP contribution in [-0.2, 0) is 0 Å². The maximum atomic E-state index is 14.1. The molecule has 0 atom stereocenters. The van der Waals surface area contributed by atoms with Gasteiger partial charge in [-0.3, -0.25) is 9.69 Å². The fourth-order valence-electron chi connectivity index (χ4n) is 2.66. The van der Waals surface area contributed by atoms with Crippen molar-refractivity contribution in [2.75, 3.05) is 32.1 Å². The molecule has 1 aromatic heterocycles. The quantitative estimate of drug-likeness (QED) is 0.568. The Kier molecular flexibility index (Phi) is 7.40. The zero-order chi connectivity index (χ0) is 19.6. The zero-order valence-electron chi connectivity index (χ0n) is 15.3. The predicted molar refractivity (Wildman–Crippen MR) is 108 cm³/mol. The van der Waals surface area contributed by atoms with Crippen LogP contribution in [0.4, 0.5) is 18.3 Å². The number of carbonyl (C=O) groups is 1. The van der Waals surface area contributed by atoms with Gasteiger partial charge in [-0.05, 0) is 51.3 Å². The van der Waals surface area contributed by atoms with E-state index < -0.39 is 23.4 Å². The minimum Gasteiger partial charge on any atom is -0.309 e. The molecule has 3 rings (SSSR count). The summed E-state index contributed by atoms with van der Waals surface area (Å²) < 4.78 is 41.9. The summed E-state index contributed by atoms with van der Waals surface area (Å²) in [6, 6.07) is 7.39. The number of para-hydroxylation sites is 1. The molecular weight excluding hydrogens is 411 g/mol. The van der Waals surface area contributed by atoms with Crippen LogP contribution in [-0.4, -0.2) is 43.0 Å². The van der Waals surface area contributed by atoms with Crippen molar-refractivity contribution in [2.45, 2.75) is 6.42 Å². The van der Waals surface area contributed by atoms with E-state index in [0.717, 1.165) is 23.5 Å². The van der Waals surface area contributed by atoms with Gasteiger partial charge < -0.3 is 4.90 Å². The molecule has 0 N–H and O–H groups in total. The molecule has 0 aliphatic heterocycles. The van der Waals surface area contributed by atoms with Gasteiger partial charge in [-0.25, -0.2) is 18.2 Å². The Morgan fingerprint density at radius 3 is 2.46 bits per heavy atom. The number of hydrogen-bond acceptors (Lipinski definition) is 4. The summed E-state index contributed by atoms with van der Waals surface area (Å²) in [5, 5.41) is 0.280. The Balaban J connectivity index is 0.00000280. The molecule has 0 aliphatic carbocycles. The first-order valence-corrected chi connectivity index (χ1v) is 9.15. The molecule has 0 fully saturated rings. The number of rotatable bonds is 6. The lowest BCUT2D eigenvalue weighted by molar-refractivity contribution is 0.0982. The highest BCUT2D eigenvalue weighted by Gasteiger charge is 2.24. The Bertz CT molecular complexity index is 980. The third kappa shape index (κ3) is 4.81. The van der Waals surface area contributed by atoms with E-state index in [2.05, 4.69) is 4.98 Å². The maximum absolute atomic E-state index is 14.1. The Morgan fingerprint density at radius 1 is 1.07 bits per heavy atom. The van der Waals surface area contributed by atoms with Crippen molar-refractivity contribution < 1.29 is 18.0 Å². The molecule has 1 amide bonds. The number of hydrogen-bond donors (Lipinski definition) is 0. The molecule has 0 spiro atoms. The zero-order valence-corrected chi connectivity index (χ0v) is 16.9. The van der Waals surface area contributed by atoms with Gasteiger partial charge in [0.2, 0.25) is 0 Å². The number of amides is 1. The Hall–Kier alpha value is -2.16. The van der Waals surface area contributed by atoms with Gasteiger partial charge in [0.05, 0.1) is 10.3 Å². The van der Waals surface area contributed by atoms with E-state index in [9.17, 15) is 18.0 Å². The summed E-state index contributed by atoms with van der Waals surface area (Å²) >= 11 is 1.15. The van der Waals surface area contributed by atoms with Crippen molar-refractivity contribution in [3.63, 3.8) is 0 Å². The van der Waals surface area contributed by atoms with Crippen LogP contribution in [0, 0.1) is 17.5 Å². The highest BCUT2D eigenvalue weighted by molar-refractivity contribution is 7.22. The second kappa shape index (κ2) is 9.36. The highest BCUT2D eigenvalue weighted by atomic mass is 35.5. The monoisotopic (exact) mass is 429 g/mol. The second-order valence-electron chi connectivity index (χ2n) is 6.32. The van der Waals surface area contributed by atoms with Crippen molar-refractivity contribution >= 4 is 45.0 Å². The molecule has 0 saturated heterocycles. The van der Waals surface area contributed by atoms with Gasteiger partial charge >= 0.3 is 0 Å². The summed E-state index contributed by atoms with van der Waals surface area (Å²) in [7, 11) is 3.80. The molecule has 150 valence electrons. The van der Waals surface area contributed by atoms with E-state index >= 15 is 0 Å². The number of halogens is 4. The Morgan fingerprint density at radius 2 is 1.82 bits per heavy atom. The van der Waals surface area contributed by atoms with Crippen LogP contribution in [0.2, 0.25) is 0 Å². The summed E-state index contributed by atoms with van der Waals surface area (Å²) in [6.45, 7) is 0.976. The average molecular weight is 430 g/mol. The van der Waals surface area contributed by atoms with Crippen molar-refractivity contribution in [3.05, 3.63) is 59.4 Å². The Labute approximate surface area is 171 Å². The van der Waals surface area contributed by atoms with Gasteiger partial charge in [0, 0.05) is 12.6 Å². The first-order chi connectivity index (χ1) is 12.9. The predicted octanol–water partition coefficient (Wildman–Crippen LogP) is 4.73. The molecule has 0 radical (unpaired) electrons. The van der Waals surface area contributed by atoms with Crippen LogP contribution in [0.5, 0.6) is 0 Å². The number of aromatic nitrogens is 1. The number of thiazole rings is 1. The molecular formula is C19H19ClF3N3OS. The summed E-state index contributed by atoms with van der Waals surface area (Å²) in [6.07, 6.45) is 0.611. The van der Waals surface area contributed by atoms with Crippen LogP contribution in [0.3, 0.4) is 0 Å². The van der Waals surface area contributed by atoms with Crippen molar-refractivity contribution in [1.29, 1.82) is 0 Å². The third-order valence-electron chi connectivity index (χ3n) is 3.98. The summed E-state index contributed by atoms with van der Waals surface area (Å²) in [5.74, 6) is -2.82. The van der Waals surface area contributed by atoms with Crippen LogP contribution in [0.15, 0.2) is 36.4 Å². The van der Waals surface area contributed by atoms with E-state index in [1.807, 2.05) is 19.0 Å². The molecule has 3 aromatic rings. The van der Waals surface area contributed by atoms with Gasteiger partial charge in [0.15, 0.2) is 5.13 Å². The minimum absolute atomic E-state index is 0. The van der Waals surface area contributed by atoms with Crippen molar-refractivity contribution in [2.24, 2.45) is 0 Å². The molecule has 0 bridgehead atoms. The van der Waals surface area contributed by atoms with Crippen molar-refractivity contribution in [1.82, 2.24) is 9.88 Å². The van der Waals surface area contributed by atoms with Gasteiger partial charge in [-0.2, -0.15) is 0 Å². The summed E-state index contributed by atoms with van der Waals surface area (Å²) in [4.78, 5) is 20.5.